The predicted octanol–water partition coefficient (Wildman–Crippen LogP) is 7.32. The fourth-order valence-electron chi connectivity index (χ4n) is 3.94. The van der Waals surface area contributed by atoms with Crippen LogP contribution in [0.1, 0.15) is 72.1 Å². The van der Waals surface area contributed by atoms with Crippen LogP contribution in [0.5, 0.6) is 0 Å². The van der Waals surface area contributed by atoms with Crippen molar-refractivity contribution in [3.05, 3.63) is 59.5 Å². The van der Waals surface area contributed by atoms with E-state index in [4.69, 9.17) is 0 Å². The molecular weight excluding hydrogens is 328 g/mol. The summed E-state index contributed by atoms with van der Waals surface area (Å²) >= 11 is 0. The molecule has 0 N–H and O–H groups in total. The van der Waals surface area contributed by atoms with Crippen molar-refractivity contribution in [2.75, 3.05) is 0 Å². The Kier molecular flexibility index (Phi) is 6.21. The molecule has 1 aliphatic carbocycles. The first-order valence-electron chi connectivity index (χ1n) is 9.49. The SMILES string of the molecule is CC=CC(C)(CCC)C1CC(F)=CC(F)=C1c1cc(C(C)(C)C)ccn1. The largest absolute Gasteiger partial charge is 0.256 e. The molecule has 0 fully saturated rings. The van der Waals surface area contributed by atoms with Gasteiger partial charge in [-0.1, -0.05) is 53.2 Å². The van der Waals surface area contributed by atoms with E-state index in [1.807, 2.05) is 25.1 Å². The molecule has 0 bridgehead atoms. The van der Waals surface area contributed by atoms with Crippen molar-refractivity contribution in [1.29, 1.82) is 0 Å². The van der Waals surface area contributed by atoms with Gasteiger partial charge in [-0.3, -0.25) is 4.98 Å². The Hall–Kier alpha value is -1.77. The molecule has 3 heteroatoms. The van der Waals surface area contributed by atoms with Crippen LogP contribution in [0, 0.1) is 11.3 Å². The molecule has 2 unspecified atom stereocenters. The van der Waals surface area contributed by atoms with Gasteiger partial charge in [-0.25, -0.2) is 8.78 Å². The topological polar surface area (TPSA) is 12.9 Å². The van der Waals surface area contributed by atoms with Crippen molar-refractivity contribution in [2.24, 2.45) is 11.3 Å². The van der Waals surface area contributed by atoms with E-state index >= 15 is 0 Å². The van der Waals surface area contributed by atoms with E-state index in [1.54, 1.807) is 6.20 Å². The van der Waals surface area contributed by atoms with Crippen molar-refractivity contribution in [1.82, 2.24) is 4.98 Å². The van der Waals surface area contributed by atoms with Crippen LogP contribution in [0.15, 0.2) is 48.2 Å². The lowest BCUT2D eigenvalue weighted by Crippen LogP contribution is -2.29. The third-order valence-electron chi connectivity index (χ3n) is 5.32. The minimum absolute atomic E-state index is 0.0595. The quantitative estimate of drug-likeness (QED) is 0.502. The third kappa shape index (κ3) is 4.31. The molecule has 1 aromatic rings. The standard InChI is InChI=1S/C23H31F2N/c1-7-10-23(6,11-8-2)18-14-17(24)15-19(25)21(18)20-13-16(9-12-26-20)22(3,4)5/h7,9-10,12-13,15,18H,8,11,14H2,1-6H3. The van der Waals surface area contributed by atoms with Crippen LogP contribution < -0.4 is 0 Å². The Morgan fingerprint density at radius 1 is 1.23 bits per heavy atom. The summed E-state index contributed by atoms with van der Waals surface area (Å²) in [5.74, 6) is -1.16. The predicted molar refractivity (Wildman–Crippen MR) is 106 cm³/mol. The van der Waals surface area contributed by atoms with Gasteiger partial charge in [-0.2, -0.15) is 0 Å². The smallest absolute Gasteiger partial charge is 0.131 e. The molecule has 2 atom stereocenters. The van der Waals surface area contributed by atoms with Gasteiger partial charge in [0.15, 0.2) is 0 Å². The van der Waals surface area contributed by atoms with Crippen LogP contribution in [0.2, 0.25) is 0 Å². The third-order valence-corrected chi connectivity index (χ3v) is 5.32. The lowest BCUT2D eigenvalue weighted by atomic mass is 9.66. The van der Waals surface area contributed by atoms with Crippen LogP contribution in [0.25, 0.3) is 5.57 Å². The Bertz CT molecular complexity index is 737. The summed E-state index contributed by atoms with van der Waals surface area (Å²) in [6.07, 6.45) is 8.87. The van der Waals surface area contributed by atoms with E-state index in [-0.39, 0.29) is 23.2 Å². The normalized spacial score (nSPS) is 21.1. The summed E-state index contributed by atoms with van der Waals surface area (Å²) in [6.45, 7) is 12.5. The molecule has 26 heavy (non-hydrogen) atoms. The fourth-order valence-corrected chi connectivity index (χ4v) is 3.94. The molecule has 1 aliphatic rings. The van der Waals surface area contributed by atoms with Gasteiger partial charge in [0.1, 0.15) is 11.7 Å². The van der Waals surface area contributed by atoms with Gasteiger partial charge < -0.3 is 0 Å². The minimum Gasteiger partial charge on any atom is -0.256 e. The van der Waals surface area contributed by atoms with Crippen molar-refractivity contribution in [3.63, 3.8) is 0 Å². The summed E-state index contributed by atoms with van der Waals surface area (Å²) in [4.78, 5) is 4.46. The summed E-state index contributed by atoms with van der Waals surface area (Å²) in [7, 11) is 0. The van der Waals surface area contributed by atoms with E-state index in [9.17, 15) is 8.78 Å². The highest BCUT2D eigenvalue weighted by atomic mass is 19.1. The average molecular weight is 360 g/mol. The summed E-state index contributed by atoms with van der Waals surface area (Å²) in [6, 6.07) is 3.93. The Balaban J connectivity index is 2.63. The molecule has 0 radical (unpaired) electrons. The number of hydrogen-bond acceptors (Lipinski definition) is 1. The fraction of sp³-hybridized carbons (Fsp3) is 0.522. The van der Waals surface area contributed by atoms with E-state index in [2.05, 4.69) is 45.7 Å². The molecule has 0 aromatic carbocycles. The lowest BCUT2D eigenvalue weighted by molar-refractivity contribution is 0.270. The zero-order chi connectivity index (χ0) is 19.5. The minimum atomic E-state index is -0.496. The van der Waals surface area contributed by atoms with Gasteiger partial charge >= 0.3 is 0 Å². The maximum absolute atomic E-state index is 15.0. The number of allylic oxidation sites excluding steroid dienone is 6. The first kappa shape index (κ1) is 20.5. The van der Waals surface area contributed by atoms with Crippen LogP contribution in [-0.4, -0.2) is 4.98 Å². The van der Waals surface area contributed by atoms with Gasteiger partial charge in [0, 0.05) is 30.2 Å². The maximum Gasteiger partial charge on any atom is 0.131 e. The van der Waals surface area contributed by atoms with Crippen molar-refractivity contribution < 1.29 is 8.78 Å². The monoisotopic (exact) mass is 359 g/mol. The molecule has 0 amide bonds. The molecule has 1 aromatic heterocycles. The summed E-state index contributed by atoms with van der Waals surface area (Å²) in [5, 5.41) is 0. The highest BCUT2D eigenvalue weighted by molar-refractivity contribution is 5.72. The second-order valence-corrected chi connectivity index (χ2v) is 8.55. The molecule has 2 rings (SSSR count). The van der Waals surface area contributed by atoms with Crippen LogP contribution >= 0.6 is 0 Å². The first-order valence-corrected chi connectivity index (χ1v) is 9.49. The van der Waals surface area contributed by atoms with Gasteiger partial charge in [0.25, 0.3) is 0 Å². The lowest BCUT2D eigenvalue weighted by Gasteiger charge is -2.38. The second kappa shape index (κ2) is 7.85. The molecule has 0 saturated heterocycles. The molecule has 142 valence electrons. The second-order valence-electron chi connectivity index (χ2n) is 8.55. The first-order chi connectivity index (χ1) is 12.1. The zero-order valence-corrected chi connectivity index (χ0v) is 16.9. The number of aromatic nitrogens is 1. The van der Waals surface area contributed by atoms with E-state index in [0.29, 0.717) is 11.3 Å². The molecule has 1 heterocycles. The van der Waals surface area contributed by atoms with Gasteiger partial charge in [-0.05, 0) is 41.9 Å². The Morgan fingerprint density at radius 2 is 1.92 bits per heavy atom. The van der Waals surface area contributed by atoms with Crippen LogP contribution in [0.3, 0.4) is 0 Å². The van der Waals surface area contributed by atoms with Crippen LogP contribution in [0.4, 0.5) is 8.78 Å². The highest BCUT2D eigenvalue weighted by Gasteiger charge is 2.39. The summed E-state index contributed by atoms with van der Waals surface area (Å²) < 4.78 is 29.2. The van der Waals surface area contributed by atoms with Crippen molar-refractivity contribution in [3.8, 4) is 0 Å². The van der Waals surface area contributed by atoms with Crippen molar-refractivity contribution in [2.45, 2.75) is 66.2 Å². The molecule has 1 nitrogen and oxygen atoms in total. The van der Waals surface area contributed by atoms with Crippen molar-refractivity contribution >= 4 is 5.57 Å². The molecule has 0 aliphatic heterocycles. The summed E-state index contributed by atoms with van der Waals surface area (Å²) in [5.41, 5.74) is 1.87. The van der Waals surface area contributed by atoms with E-state index < -0.39 is 11.7 Å². The van der Waals surface area contributed by atoms with Gasteiger partial charge in [-0.15, -0.1) is 0 Å². The highest BCUT2D eigenvalue weighted by Crippen LogP contribution is 2.49. The number of nitrogens with zero attached hydrogens (tertiary/aromatic N) is 1. The van der Waals surface area contributed by atoms with E-state index in [0.717, 1.165) is 24.5 Å². The average Bonchev–Trinajstić information content (AvgIpc) is 2.54. The number of hydrogen-bond donors (Lipinski definition) is 0. The van der Waals surface area contributed by atoms with Gasteiger partial charge in [0.2, 0.25) is 0 Å². The number of rotatable bonds is 5. The maximum atomic E-state index is 15.0. The Morgan fingerprint density at radius 3 is 2.50 bits per heavy atom. The number of pyridine rings is 1. The molecule has 0 spiro atoms. The Labute approximate surface area is 156 Å². The molecular formula is C23H31F2N. The van der Waals surface area contributed by atoms with E-state index in [1.165, 1.54) is 0 Å². The van der Waals surface area contributed by atoms with Gasteiger partial charge in [0.05, 0.1) is 5.69 Å². The zero-order valence-electron chi connectivity index (χ0n) is 16.9. The number of halogens is 2. The van der Waals surface area contributed by atoms with Crippen LogP contribution in [-0.2, 0) is 5.41 Å². The molecule has 0 saturated carbocycles.